The number of anilines is 1. The number of carboxylic acids is 1. The monoisotopic (exact) mass is 383 g/mol. The Bertz CT molecular complexity index is 1190. The lowest BCUT2D eigenvalue weighted by Crippen LogP contribution is -2.32. The molecule has 0 spiro atoms. The Labute approximate surface area is 158 Å². The van der Waals surface area contributed by atoms with E-state index in [2.05, 4.69) is 10.1 Å². The van der Waals surface area contributed by atoms with Crippen molar-refractivity contribution in [3.8, 4) is 0 Å². The van der Waals surface area contributed by atoms with Crippen LogP contribution in [0.3, 0.4) is 0 Å². The number of carboxylic acid groups (broad SMARTS) is 1. The number of fused-ring (bicyclic) bond motifs is 2. The predicted octanol–water partition coefficient (Wildman–Crippen LogP) is 1.86. The van der Waals surface area contributed by atoms with Crippen LogP contribution in [0.1, 0.15) is 40.5 Å². The maximum absolute atomic E-state index is 14.9. The quantitative estimate of drug-likeness (QED) is 0.742. The average molecular weight is 383 g/mol. The summed E-state index contributed by atoms with van der Waals surface area (Å²) in [4.78, 5) is 30.3. The van der Waals surface area contributed by atoms with Gasteiger partial charge in [0.1, 0.15) is 11.2 Å². The van der Waals surface area contributed by atoms with Gasteiger partial charge in [0.25, 0.3) is 0 Å². The zero-order valence-electron chi connectivity index (χ0n) is 15.2. The molecule has 1 saturated carbocycles. The Balaban J connectivity index is 1.66. The number of aromatic nitrogens is 4. The summed E-state index contributed by atoms with van der Waals surface area (Å²) in [6.45, 7) is 1.06. The molecule has 1 N–H and O–H groups in total. The lowest BCUT2D eigenvalue weighted by atomic mass is 10.1. The molecular weight excluding hydrogens is 365 g/mol. The van der Waals surface area contributed by atoms with Crippen molar-refractivity contribution in [2.75, 3.05) is 11.4 Å². The molecular formula is C19H18FN5O3. The number of rotatable bonds is 3. The van der Waals surface area contributed by atoms with Crippen molar-refractivity contribution in [2.45, 2.75) is 31.8 Å². The summed E-state index contributed by atoms with van der Waals surface area (Å²) in [6, 6.07) is 1.22. The fourth-order valence-electron chi connectivity index (χ4n) is 3.88. The van der Waals surface area contributed by atoms with E-state index < -0.39 is 17.2 Å². The van der Waals surface area contributed by atoms with Gasteiger partial charge in [-0.05, 0) is 18.9 Å². The topological polar surface area (TPSA) is 93.2 Å². The Kier molecular flexibility index (Phi) is 3.55. The summed E-state index contributed by atoms with van der Waals surface area (Å²) in [6.07, 6.45) is 5.71. The molecule has 0 atom stereocenters. The van der Waals surface area contributed by atoms with Crippen molar-refractivity contribution in [3.05, 3.63) is 51.3 Å². The van der Waals surface area contributed by atoms with Gasteiger partial charge in [0.05, 0.1) is 11.1 Å². The van der Waals surface area contributed by atoms with Crippen LogP contribution in [0.25, 0.3) is 11.0 Å². The van der Waals surface area contributed by atoms with Crippen LogP contribution in [-0.4, -0.2) is 37.0 Å². The van der Waals surface area contributed by atoms with Crippen LogP contribution < -0.4 is 10.3 Å². The molecule has 5 rings (SSSR count). The van der Waals surface area contributed by atoms with Crippen molar-refractivity contribution in [3.63, 3.8) is 0 Å². The zero-order valence-corrected chi connectivity index (χ0v) is 15.2. The van der Waals surface area contributed by atoms with Crippen LogP contribution in [0.5, 0.6) is 0 Å². The summed E-state index contributed by atoms with van der Waals surface area (Å²) in [5.41, 5.74) is 1.31. The zero-order chi connectivity index (χ0) is 19.6. The highest BCUT2D eigenvalue weighted by atomic mass is 19.1. The molecule has 1 aliphatic heterocycles. The number of pyridine rings is 2. The van der Waals surface area contributed by atoms with Gasteiger partial charge >= 0.3 is 5.97 Å². The van der Waals surface area contributed by atoms with Gasteiger partial charge < -0.3 is 14.6 Å². The Hall–Kier alpha value is -3.23. The predicted molar refractivity (Wildman–Crippen MR) is 99.2 cm³/mol. The lowest BCUT2D eigenvalue weighted by Gasteiger charge is -2.28. The van der Waals surface area contributed by atoms with Crippen molar-refractivity contribution in [1.29, 1.82) is 0 Å². The van der Waals surface area contributed by atoms with Crippen LogP contribution in [0.15, 0.2) is 23.3 Å². The number of halogens is 1. The fourth-order valence-corrected chi connectivity index (χ4v) is 3.88. The largest absolute Gasteiger partial charge is 0.477 e. The molecule has 0 radical (unpaired) electrons. The molecule has 3 aromatic heterocycles. The van der Waals surface area contributed by atoms with Gasteiger partial charge in [-0.25, -0.2) is 14.2 Å². The summed E-state index contributed by atoms with van der Waals surface area (Å²) >= 11 is 0. The van der Waals surface area contributed by atoms with Gasteiger partial charge in [-0.1, -0.05) is 0 Å². The smallest absolute Gasteiger partial charge is 0.341 e. The standard InChI is InChI=1S/C19H18FN5O3/c1-23-7-10-8-24(5-4-15(10)22-23)18-14(20)6-12-16(26)13(19(27)28)9-25(11-2-3-11)17(12)21-18/h6-7,9,11H,2-5,8H2,1H3,(H,27,28). The number of nitrogens with zero attached hydrogens (tertiary/aromatic N) is 5. The molecule has 28 heavy (non-hydrogen) atoms. The summed E-state index contributed by atoms with van der Waals surface area (Å²) in [7, 11) is 1.85. The number of hydrogen-bond donors (Lipinski definition) is 1. The summed E-state index contributed by atoms with van der Waals surface area (Å²) in [5.74, 6) is -1.76. The number of aryl methyl sites for hydroxylation is 1. The summed E-state index contributed by atoms with van der Waals surface area (Å²) in [5, 5.41) is 13.7. The van der Waals surface area contributed by atoms with Gasteiger partial charge in [-0.15, -0.1) is 0 Å². The van der Waals surface area contributed by atoms with Crippen LogP contribution >= 0.6 is 0 Å². The van der Waals surface area contributed by atoms with E-state index in [0.717, 1.165) is 30.2 Å². The van der Waals surface area contributed by atoms with Crippen LogP contribution in [0.4, 0.5) is 10.2 Å². The molecule has 0 bridgehead atoms. The molecule has 0 saturated heterocycles. The second-order valence-corrected chi connectivity index (χ2v) is 7.43. The van der Waals surface area contributed by atoms with Crippen LogP contribution in [0.2, 0.25) is 0 Å². The number of carbonyl (C=O) groups is 1. The first kappa shape index (κ1) is 16.9. The van der Waals surface area contributed by atoms with E-state index >= 15 is 0 Å². The molecule has 4 heterocycles. The molecule has 9 heteroatoms. The molecule has 1 fully saturated rings. The Morgan fingerprint density at radius 2 is 2.11 bits per heavy atom. The minimum Gasteiger partial charge on any atom is -0.477 e. The van der Waals surface area contributed by atoms with E-state index in [1.165, 1.54) is 6.20 Å². The molecule has 8 nitrogen and oxygen atoms in total. The molecule has 0 amide bonds. The second kappa shape index (κ2) is 5.88. The molecule has 0 aromatic carbocycles. The normalized spacial score (nSPS) is 16.4. The number of aromatic carboxylic acids is 1. The van der Waals surface area contributed by atoms with E-state index in [9.17, 15) is 19.1 Å². The third-order valence-corrected chi connectivity index (χ3v) is 5.38. The Morgan fingerprint density at radius 1 is 1.32 bits per heavy atom. The highest BCUT2D eigenvalue weighted by Gasteiger charge is 2.29. The molecule has 3 aromatic rings. The highest BCUT2D eigenvalue weighted by Crippen LogP contribution is 2.37. The first-order chi connectivity index (χ1) is 13.4. The lowest BCUT2D eigenvalue weighted by molar-refractivity contribution is 0.0695. The first-order valence-corrected chi connectivity index (χ1v) is 9.17. The SMILES string of the molecule is Cn1cc2c(n1)CCN(c1nc3c(cc1F)c(=O)c(C(=O)O)cn3C1CC1)C2. The van der Waals surface area contributed by atoms with Gasteiger partial charge in [0.15, 0.2) is 11.6 Å². The van der Waals surface area contributed by atoms with Crippen molar-refractivity contribution < 1.29 is 14.3 Å². The second-order valence-electron chi connectivity index (χ2n) is 7.43. The maximum atomic E-state index is 14.9. The van der Waals surface area contributed by atoms with Crippen molar-refractivity contribution >= 4 is 22.8 Å². The third kappa shape index (κ3) is 2.57. The molecule has 1 aliphatic carbocycles. The number of hydrogen-bond acceptors (Lipinski definition) is 5. The van der Waals surface area contributed by atoms with E-state index in [0.29, 0.717) is 25.2 Å². The average Bonchev–Trinajstić information content (AvgIpc) is 3.42. The third-order valence-electron chi connectivity index (χ3n) is 5.38. The van der Waals surface area contributed by atoms with Gasteiger partial charge in [-0.3, -0.25) is 9.48 Å². The van der Waals surface area contributed by atoms with Crippen LogP contribution in [-0.2, 0) is 20.0 Å². The fraction of sp³-hybridized carbons (Fsp3) is 0.368. The van der Waals surface area contributed by atoms with E-state index in [-0.39, 0.29) is 22.8 Å². The minimum absolute atomic E-state index is 0.00660. The van der Waals surface area contributed by atoms with Gasteiger partial charge in [0, 0.05) is 50.6 Å². The first-order valence-electron chi connectivity index (χ1n) is 9.17. The van der Waals surface area contributed by atoms with Crippen molar-refractivity contribution in [1.82, 2.24) is 19.3 Å². The van der Waals surface area contributed by atoms with E-state index in [1.54, 1.807) is 9.25 Å². The van der Waals surface area contributed by atoms with E-state index in [1.807, 2.05) is 18.1 Å². The van der Waals surface area contributed by atoms with Crippen molar-refractivity contribution in [2.24, 2.45) is 7.05 Å². The van der Waals surface area contributed by atoms with Crippen LogP contribution in [0, 0.1) is 5.82 Å². The maximum Gasteiger partial charge on any atom is 0.341 e. The molecule has 0 unspecified atom stereocenters. The molecule has 2 aliphatic rings. The summed E-state index contributed by atoms with van der Waals surface area (Å²) < 4.78 is 18.4. The minimum atomic E-state index is -1.31. The van der Waals surface area contributed by atoms with Gasteiger partial charge in [0.2, 0.25) is 5.43 Å². The Morgan fingerprint density at radius 3 is 2.82 bits per heavy atom. The van der Waals surface area contributed by atoms with Gasteiger partial charge in [-0.2, -0.15) is 5.10 Å². The molecule has 144 valence electrons. The highest BCUT2D eigenvalue weighted by molar-refractivity contribution is 5.92. The van der Waals surface area contributed by atoms with E-state index in [4.69, 9.17) is 0 Å².